The summed E-state index contributed by atoms with van der Waals surface area (Å²) in [5.74, 6) is -0.241. The van der Waals surface area contributed by atoms with E-state index in [0.717, 1.165) is 4.74 Å². The van der Waals surface area contributed by atoms with E-state index in [0.29, 0.717) is 19.4 Å². The van der Waals surface area contributed by atoms with E-state index in [-0.39, 0.29) is 5.92 Å². The molecule has 0 radical (unpaired) electrons. The van der Waals surface area contributed by atoms with Crippen molar-refractivity contribution in [1.29, 1.82) is 0 Å². The van der Waals surface area contributed by atoms with Crippen LogP contribution in [0.2, 0.25) is 0 Å². The number of hydrogen-bond donors (Lipinski definition) is 0. The van der Waals surface area contributed by atoms with Crippen LogP contribution in [-0.4, -0.2) is 29.1 Å². The molecular formula is C10H17NO3. The molecule has 2 atom stereocenters. The summed E-state index contributed by atoms with van der Waals surface area (Å²) in [5.41, 5.74) is -0.963. The van der Waals surface area contributed by atoms with Gasteiger partial charge in [0.15, 0.2) is 6.21 Å². The molecule has 80 valence electrons. The first-order valence-electron chi connectivity index (χ1n) is 5.05. The average Bonchev–Trinajstić information content (AvgIpc) is 2.42. The number of esters is 1. The molecule has 0 saturated heterocycles. The van der Waals surface area contributed by atoms with E-state index >= 15 is 0 Å². The van der Waals surface area contributed by atoms with Gasteiger partial charge < -0.3 is 9.94 Å². The number of carbonyl (C=O) groups excluding carboxylic acids is 1. The highest BCUT2D eigenvalue weighted by molar-refractivity contribution is 5.82. The Balaban J connectivity index is 2.88. The van der Waals surface area contributed by atoms with E-state index in [1.54, 1.807) is 13.1 Å². The number of hydrogen-bond acceptors (Lipinski definition) is 3. The molecule has 0 amide bonds. The lowest BCUT2D eigenvalue weighted by Gasteiger charge is -2.24. The number of rotatable bonds is 3. The Labute approximate surface area is 84.1 Å². The predicted molar refractivity (Wildman–Crippen MR) is 53.1 cm³/mol. The Morgan fingerprint density at radius 2 is 2.36 bits per heavy atom. The minimum absolute atomic E-state index is 0.150. The van der Waals surface area contributed by atoms with Crippen molar-refractivity contribution in [1.82, 2.24) is 0 Å². The van der Waals surface area contributed by atoms with E-state index in [1.165, 1.54) is 0 Å². The van der Waals surface area contributed by atoms with Crippen LogP contribution in [-0.2, 0) is 9.53 Å². The van der Waals surface area contributed by atoms with Crippen molar-refractivity contribution in [2.45, 2.75) is 39.2 Å². The van der Waals surface area contributed by atoms with Crippen LogP contribution in [0.15, 0.2) is 0 Å². The van der Waals surface area contributed by atoms with Crippen LogP contribution < -0.4 is 0 Å². The van der Waals surface area contributed by atoms with Crippen molar-refractivity contribution >= 4 is 12.2 Å². The van der Waals surface area contributed by atoms with Gasteiger partial charge in [-0.05, 0) is 6.92 Å². The summed E-state index contributed by atoms with van der Waals surface area (Å²) in [5, 5.41) is 11.6. The largest absolute Gasteiger partial charge is 0.623 e. The van der Waals surface area contributed by atoms with Gasteiger partial charge in [-0.25, -0.2) is 4.79 Å². The lowest BCUT2D eigenvalue weighted by atomic mass is 9.90. The van der Waals surface area contributed by atoms with Crippen LogP contribution >= 0.6 is 0 Å². The van der Waals surface area contributed by atoms with Crippen LogP contribution in [0.25, 0.3) is 0 Å². The van der Waals surface area contributed by atoms with Crippen LogP contribution in [0.1, 0.15) is 33.6 Å². The number of ether oxygens (including phenoxy) is 1. The zero-order valence-corrected chi connectivity index (χ0v) is 8.95. The van der Waals surface area contributed by atoms with Crippen molar-refractivity contribution in [2.24, 2.45) is 5.92 Å². The molecule has 1 aliphatic rings. The minimum Gasteiger partial charge on any atom is -0.623 e. The maximum Gasteiger partial charge on any atom is 0.379 e. The van der Waals surface area contributed by atoms with Gasteiger partial charge in [-0.2, -0.15) is 4.74 Å². The van der Waals surface area contributed by atoms with E-state index < -0.39 is 11.5 Å². The summed E-state index contributed by atoms with van der Waals surface area (Å²) in [7, 11) is 0. The summed E-state index contributed by atoms with van der Waals surface area (Å²) in [6.07, 6.45) is 2.61. The van der Waals surface area contributed by atoms with Gasteiger partial charge in [-0.3, -0.25) is 0 Å². The zero-order valence-electron chi connectivity index (χ0n) is 8.95. The quantitative estimate of drug-likeness (QED) is 0.391. The fourth-order valence-corrected chi connectivity index (χ4v) is 1.93. The molecule has 1 aliphatic heterocycles. The molecule has 0 N–H and O–H groups in total. The van der Waals surface area contributed by atoms with Crippen molar-refractivity contribution in [3.63, 3.8) is 0 Å². The Morgan fingerprint density at radius 3 is 2.71 bits per heavy atom. The highest BCUT2D eigenvalue weighted by Gasteiger charge is 2.51. The van der Waals surface area contributed by atoms with Gasteiger partial charge in [0, 0.05) is 18.8 Å². The Bertz CT molecular complexity index is 262. The fraction of sp³-hybridized carbons (Fsp3) is 0.800. The fourth-order valence-electron chi connectivity index (χ4n) is 1.93. The van der Waals surface area contributed by atoms with Crippen LogP contribution in [0.3, 0.4) is 0 Å². The molecular weight excluding hydrogens is 182 g/mol. The highest BCUT2D eigenvalue weighted by Crippen LogP contribution is 2.30. The maximum atomic E-state index is 11.7. The number of nitrogens with zero attached hydrogens (tertiary/aromatic N) is 1. The third-order valence-electron chi connectivity index (χ3n) is 2.71. The van der Waals surface area contributed by atoms with Gasteiger partial charge in [-0.1, -0.05) is 13.8 Å². The molecule has 4 heteroatoms. The van der Waals surface area contributed by atoms with Gasteiger partial charge in [0.1, 0.15) is 0 Å². The van der Waals surface area contributed by atoms with Gasteiger partial charge >= 0.3 is 5.97 Å². The van der Waals surface area contributed by atoms with Gasteiger partial charge in [0.2, 0.25) is 0 Å². The highest BCUT2D eigenvalue weighted by atomic mass is 16.5. The molecule has 0 aliphatic carbocycles. The second-order valence-corrected chi connectivity index (χ2v) is 3.76. The third kappa shape index (κ3) is 1.61. The summed E-state index contributed by atoms with van der Waals surface area (Å²) >= 11 is 0. The van der Waals surface area contributed by atoms with E-state index in [9.17, 15) is 10.0 Å². The van der Waals surface area contributed by atoms with E-state index in [1.807, 2.05) is 13.8 Å². The first-order chi connectivity index (χ1) is 6.56. The van der Waals surface area contributed by atoms with Crippen molar-refractivity contribution in [3.8, 4) is 0 Å². The molecule has 0 aromatic carbocycles. The molecule has 1 rings (SSSR count). The second kappa shape index (κ2) is 3.98. The SMILES string of the molecule is CCOC(=O)[C@@]1(CC)C[C@@H](C)C=[N+]1[O-]. The zero-order chi connectivity index (χ0) is 10.8. The molecule has 0 aromatic heterocycles. The lowest BCUT2D eigenvalue weighted by molar-refractivity contribution is -0.523. The first-order valence-corrected chi connectivity index (χ1v) is 5.05. The predicted octanol–water partition coefficient (Wildman–Crippen LogP) is 1.32. The molecule has 0 unspecified atom stereocenters. The standard InChI is InChI=1S/C10H17NO3/c1-4-10(9(12)14-5-2)6-8(3)7-11(10)13/h7-8H,4-6H2,1-3H3/t8-,10-/m1/s1. The van der Waals surface area contributed by atoms with Crippen LogP contribution in [0, 0.1) is 11.1 Å². The summed E-state index contributed by atoms with van der Waals surface area (Å²) in [6, 6.07) is 0. The second-order valence-electron chi connectivity index (χ2n) is 3.76. The Kier molecular flexibility index (Phi) is 3.13. The van der Waals surface area contributed by atoms with Crippen molar-refractivity contribution in [2.75, 3.05) is 6.61 Å². The number of carbonyl (C=O) groups is 1. The lowest BCUT2D eigenvalue weighted by Crippen LogP contribution is -2.45. The number of hydroxylamine groups is 1. The Hall–Kier alpha value is -1.06. The van der Waals surface area contributed by atoms with Crippen molar-refractivity contribution in [3.05, 3.63) is 5.21 Å². The van der Waals surface area contributed by atoms with E-state index in [2.05, 4.69) is 0 Å². The maximum absolute atomic E-state index is 11.7. The smallest absolute Gasteiger partial charge is 0.379 e. The van der Waals surface area contributed by atoms with Crippen LogP contribution in [0.5, 0.6) is 0 Å². The minimum atomic E-state index is -0.963. The summed E-state index contributed by atoms with van der Waals surface area (Å²) in [6.45, 7) is 5.84. The molecule has 0 aromatic rings. The molecule has 14 heavy (non-hydrogen) atoms. The van der Waals surface area contributed by atoms with E-state index in [4.69, 9.17) is 4.74 Å². The third-order valence-corrected chi connectivity index (χ3v) is 2.71. The topological polar surface area (TPSA) is 52.4 Å². The van der Waals surface area contributed by atoms with Crippen molar-refractivity contribution < 1.29 is 14.3 Å². The molecule has 1 heterocycles. The van der Waals surface area contributed by atoms with Gasteiger partial charge in [0.05, 0.1) is 6.61 Å². The molecule has 0 spiro atoms. The molecule has 0 saturated carbocycles. The van der Waals surface area contributed by atoms with Gasteiger partial charge in [-0.15, -0.1) is 0 Å². The summed E-state index contributed by atoms with van der Waals surface area (Å²) in [4.78, 5) is 11.7. The molecule has 0 bridgehead atoms. The monoisotopic (exact) mass is 199 g/mol. The normalized spacial score (nSPS) is 31.4. The Morgan fingerprint density at radius 1 is 1.71 bits per heavy atom. The molecule has 4 nitrogen and oxygen atoms in total. The van der Waals surface area contributed by atoms with Gasteiger partial charge in [0.25, 0.3) is 5.54 Å². The summed E-state index contributed by atoms with van der Waals surface area (Å²) < 4.78 is 5.71. The average molecular weight is 199 g/mol. The molecule has 0 fully saturated rings. The first kappa shape index (κ1) is 11.0. The van der Waals surface area contributed by atoms with Crippen LogP contribution in [0.4, 0.5) is 0 Å².